The number of carbonyl (C=O) groups is 1. The lowest BCUT2D eigenvalue weighted by atomic mass is 9.84. The van der Waals surface area contributed by atoms with Crippen LogP contribution in [0.2, 0.25) is 0 Å². The number of phenolic OH excluding ortho intramolecular Hbond substituents is 1. The maximum absolute atomic E-state index is 12.0. The second-order valence-electron chi connectivity index (χ2n) is 4.29. The summed E-state index contributed by atoms with van der Waals surface area (Å²) in [5.41, 5.74) is -0.542. The number of benzene rings is 1. The number of esters is 1. The van der Waals surface area contributed by atoms with Crippen molar-refractivity contribution in [1.82, 2.24) is 0 Å². The van der Waals surface area contributed by atoms with E-state index in [0.29, 0.717) is 18.6 Å². The van der Waals surface area contributed by atoms with Gasteiger partial charge in [-0.2, -0.15) is 0 Å². The molecule has 0 heterocycles. The molecule has 0 aliphatic carbocycles. The molecule has 1 atom stereocenters. The van der Waals surface area contributed by atoms with Gasteiger partial charge < -0.3 is 9.84 Å². The number of allylic oxidation sites excluding steroid dienone is 1. The monoisotopic (exact) mass is 234 g/mol. The highest BCUT2D eigenvalue weighted by Crippen LogP contribution is 2.29. The van der Waals surface area contributed by atoms with E-state index in [2.05, 4.69) is 6.58 Å². The Labute approximate surface area is 102 Å². The lowest BCUT2D eigenvalue weighted by Crippen LogP contribution is -2.30. The van der Waals surface area contributed by atoms with Crippen LogP contribution < -0.4 is 4.74 Å². The van der Waals surface area contributed by atoms with Crippen molar-refractivity contribution in [2.75, 3.05) is 0 Å². The summed E-state index contributed by atoms with van der Waals surface area (Å²) in [4.78, 5) is 12.0. The molecule has 1 rings (SSSR count). The molecule has 0 radical (unpaired) electrons. The molecule has 1 aromatic rings. The molecule has 0 aromatic heterocycles. The van der Waals surface area contributed by atoms with Crippen molar-refractivity contribution in [3.8, 4) is 11.5 Å². The van der Waals surface area contributed by atoms with Crippen LogP contribution in [0.4, 0.5) is 0 Å². The topological polar surface area (TPSA) is 46.5 Å². The fraction of sp³-hybridized carbons (Fsp3) is 0.357. The zero-order chi connectivity index (χ0) is 12.9. The predicted octanol–water partition coefficient (Wildman–Crippen LogP) is 3.29. The van der Waals surface area contributed by atoms with E-state index in [4.69, 9.17) is 9.84 Å². The molecule has 92 valence electrons. The van der Waals surface area contributed by atoms with Crippen molar-refractivity contribution in [3.05, 3.63) is 36.9 Å². The lowest BCUT2D eigenvalue weighted by Gasteiger charge is -2.24. The Balaban J connectivity index is 2.77. The third-order valence-corrected chi connectivity index (χ3v) is 2.92. The van der Waals surface area contributed by atoms with Crippen molar-refractivity contribution in [1.29, 1.82) is 0 Å². The van der Waals surface area contributed by atoms with Crippen molar-refractivity contribution in [3.63, 3.8) is 0 Å². The third-order valence-electron chi connectivity index (χ3n) is 2.92. The molecule has 0 fully saturated rings. The van der Waals surface area contributed by atoms with E-state index in [1.54, 1.807) is 18.2 Å². The second kappa shape index (κ2) is 5.53. The average molecular weight is 234 g/mol. The fourth-order valence-electron chi connectivity index (χ4n) is 1.43. The Morgan fingerprint density at radius 3 is 2.53 bits per heavy atom. The summed E-state index contributed by atoms with van der Waals surface area (Å²) in [5, 5.41) is 9.13. The number of ether oxygens (including phenoxy) is 1. The van der Waals surface area contributed by atoms with E-state index in [1.807, 2.05) is 13.8 Å². The maximum atomic E-state index is 12.0. The molecule has 0 amide bonds. The van der Waals surface area contributed by atoms with Gasteiger partial charge in [-0.15, -0.1) is 6.58 Å². The number of hydrogen-bond donors (Lipinski definition) is 1. The Kier molecular flexibility index (Phi) is 4.32. The predicted molar refractivity (Wildman–Crippen MR) is 67.0 cm³/mol. The molecule has 0 spiro atoms. The smallest absolute Gasteiger partial charge is 0.317 e. The third kappa shape index (κ3) is 3.34. The van der Waals surface area contributed by atoms with E-state index >= 15 is 0 Å². The highest BCUT2D eigenvalue weighted by Gasteiger charge is 2.31. The number of hydrogen-bond acceptors (Lipinski definition) is 3. The second-order valence-corrected chi connectivity index (χ2v) is 4.29. The van der Waals surface area contributed by atoms with Gasteiger partial charge in [-0.1, -0.05) is 13.0 Å². The minimum atomic E-state index is -0.542. The van der Waals surface area contributed by atoms with Crippen LogP contribution in [0.5, 0.6) is 11.5 Å². The minimum absolute atomic E-state index is 0.147. The first-order valence-corrected chi connectivity index (χ1v) is 5.64. The molecule has 17 heavy (non-hydrogen) atoms. The Hall–Kier alpha value is -1.77. The van der Waals surface area contributed by atoms with Crippen LogP contribution in [0.25, 0.3) is 0 Å². The highest BCUT2D eigenvalue weighted by atomic mass is 16.5. The molecule has 0 saturated carbocycles. The first-order chi connectivity index (χ1) is 8.01. The van der Waals surface area contributed by atoms with Gasteiger partial charge in [0.2, 0.25) is 0 Å². The highest BCUT2D eigenvalue weighted by molar-refractivity contribution is 5.78. The maximum Gasteiger partial charge on any atom is 0.317 e. The SMILES string of the molecule is C=CC[C@](C)(CC)C(=O)Oc1ccc(O)cc1. The number of rotatable bonds is 5. The van der Waals surface area contributed by atoms with Gasteiger partial charge in [-0.3, -0.25) is 4.79 Å². The van der Waals surface area contributed by atoms with Crippen LogP contribution >= 0.6 is 0 Å². The first-order valence-electron chi connectivity index (χ1n) is 5.64. The summed E-state index contributed by atoms with van der Waals surface area (Å²) in [6, 6.07) is 6.10. The van der Waals surface area contributed by atoms with Crippen LogP contribution in [0.3, 0.4) is 0 Å². The molecule has 3 heteroatoms. The number of carbonyl (C=O) groups excluding carboxylic acids is 1. The van der Waals surface area contributed by atoms with Crippen molar-refractivity contribution < 1.29 is 14.6 Å². The Morgan fingerprint density at radius 2 is 2.06 bits per heavy atom. The number of aromatic hydroxyl groups is 1. The number of phenols is 1. The molecule has 0 aliphatic heterocycles. The van der Waals surface area contributed by atoms with Crippen LogP contribution in [-0.2, 0) is 4.79 Å². The molecule has 0 saturated heterocycles. The van der Waals surface area contributed by atoms with Gasteiger partial charge in [0, 0.05) is 0 Å². The summed E-state index contributed by atoms with van der Waals surface area (Å²) in [6.07, 6.45) is 3.00. The summed E-state index contributed by atoms with van der Waals surface area (Å²) < 4.78 is 5.28. The normalized spacial score (nSPS) is 13.8. The quantitative estimate of drug-likeness (QED) is 0.483. The van der Waals surface area contributed by atoms with Crippen molar-refractivity contribution in [2.24, 2.45) is 5.41 Å². The first kappa shape index (κ1) is 13.3. The average Bonchev–Trinajstić information content (AvgIpc) is 2.32. The molecule has 0 unspecified atom stereocenters. The summed E-state index contributed by atoms with van der Waals surface area (Å²) in [6.45, 7) is 7.46. The molecular weight excluding hydrogens is 216 g/mol. The van der Waals surface area contributed by atoms with Gasteiger partial charge in [0.15, 0.2) is 0 Å². The van der Waals surface area contributed by atoms with Gasteiger partial charge in [-0.25, -0.2) is 0 Å². The van der Waals surface area contributed by atoms with Crippen LogP contribution in [0.15, 0.2) is 36.9 Å². The standard InChI is InChI=1S/C14H18O3/c1-4-10-14(3,5-2)13(16)17-12-8-6-11(15)7-9-12/h4,6-9,15H,1,5,10H2,2-3H3/t14-/m0/s1. The molecule has 0 aliphatic rings. The molecule has 1 aromatic carbocycles. The van der Waals surface area contributed by atoms with E-state index in [0.717, 1.165) is 0 Å². The van der Waals surface area contributed by atoms with Crippen molar-refractivity contribution in [2.45, 2.75) is 26.7 Å². The van der Waals surface area contributed by atoms with Gasteiger partial charge in [0.25, 0.3) is 0 Å². The van der Waals surface area contributed by atoms with Crippen LogP contribution in [0.1, 0.15) is 26.7 Å². The molecular formula is C14H18O3. The fourth-order valence-corrected chi connectivity index (χ4v) is 1.43. The van der Waals surface area contributed by atoms with Gasteiger partial charge in [0.1, 0.15) is 11.5 Å². The van der Waals surface area contributed by atoms with Gasteiger partial charge in [-0.05, 0) is 44.0 Å². The van der Waals surface area contributed by atoms with E-state index in [1.165, 1.54) is 12.1 Å². The molecule has 1 N–H and O–H groups in total. The zero-order valence-electron chi connectivity index (χ0n) is 10.3. The zero-order valence-corrected chi connectivity index (χ0v) is 10.3. The summed E-state index contributed by atoms with van der Waals surface area (Å²) >= 11 is 0. The Morgan fingerprint density at radius 1 is 1.47 bits per heavy atom. The van der Waals surface area contributed by atoms with E-state index < -0.39 is 5.41 Å². The molecule has 3 nitrogen and oxygen atoms in total. The van der Waals surface area contributed by atoms with Gasteiger partial charge >= 0.3 is 5.97 Å². The van der Waals surface area contributed by atoms with E-state index in [-0.39, 0.29) is 11.7 Å². The minimum Gasteiger partial charge on any atom is -0.508 e. The summed E-state index contributed by atoms with van der Waals surface area (Å²) in [7, 11) is 0. The molecule has 0 bridgehead atoms. The summed E-state index contributed by atoms with van der Waals surface area (Å²) in [5.74, 6) is 0.316. The lowest BCUT2D eigenvalue weighted by molar-refractivity contribution is -0.145. The van der Waals surface area contributed by atoms with Crippen LogP contribution in [-0.4, -0.2) is 11.1 Å². The largest absolute Gasteiger partial charge is 0.508 e. The van der Waals surface area contributed by atoms with Crippen LogP contribution in [0, 0.1) is 5.41 Å². The van der Waals surface area contributed by atoms with E-state index in [9.17, 15) is 4.79 Å². The van der Waals surface area contributed by atoms with Gasteiger partial charge in [0.05, 0.1) is 5.41 Å². The Bertz CT molecular complexity index is 394. The van der Waals surface area contributed by atoms with Crippen molar-refractivity contribution >= 4 is 5.97 Å².